The molecule has 3 fully saturated rings. The second-order valence-corrected chi connectivity index (χ2v) is 13.7. The van der Waals surface area contributed by atoms with Gasteiger partial charge < -0.3 is 36.1 Å². The van der Waals surface area contributed by atoms with Crippen LogP contribution in [0.2, 0.25) is 0 Å². The zero-order chi connectivity index (χ0) is 32.6. The number of fused-ring (bicyclic) bond motifs is 2. The Morgan fingerprint density at radius 3 is 2.62 bits per heavy atom. The Bertz CT molecular complexity index is 1380. The second-order valence-electron chi connectivity index (χ2n) is 13.7. The summed E-state index contributed by atoms with van der Waals surface area (Å²) in [7, 11) is 0. The number of hydrogen-bond acceptors (Lipinski definition) is 10. The summed E-state index contributed by atoms with van der Waals surface area (Å²) in [4.78, 5) is 35.3. The minimum Gasteiger partial charge on any atom is -0.450 e. The van der Waals surface area contributed by atoms with E-state index in [1.54, 1.807) is 10.8 Å². The van der Waals surface area contributed by atoms with Crippen molar-refractivity contribution < 1.29 is 14.3 Å². The van der Waals surface area contributed by atoms with E-state index in [1.165, 1.54) is 5.56 Å². The zero-order valence-electron chi connectivity index (χ0n) is 28.1. The maximum absolute atomic E-state index is 13.6. The molecule has 1 aromatic carbocycles. The Balaban J connectivity index is 1.01. The zero-order valence-corrected chi connectivity index (χ0v) is 28.1. The molecular weight excluding hydrogens is 596 g/mol. The van der Waals surface area contributed by atoms with Crippen molar-refractivity contribution in [2.45, 2.75) is 88.8 Å². The molecule has 6 rings (SSSR count). The molecule has 12 heteroatoms. The van der Waals surface area contributed by atoms with Crippen LogP contribution in [-0.2, 0) is 9.53 Å². The molecule has 3 aliphatic heterocycles. The Morgan fingerprint density at radius 1 is 1.06 bits per heavy atom. The van der Waals surface area contributed by atoms with Crippen LogP contribution >= 0.6 is 0 Å². The molecule has 4 heterocycles. The summed E-state index contributed by atoms with van der Waals surface area (Å²) in [6.07, 6.45) is 10.5. The van der Waals surface area contributed by atoms with Crippen LogP contribution in [0.1, 0.15) is 82.2 Å². The predicted molar refractivity (Wildman–Crippen MR) is 184 cm³/mol. The third kappa shape index (κ3) is 8.72. The average Bonchev–Trinajstić information content (AvgIpc) is 3.09. The van der Waals surface area contributed by atoms with Crippen molar-refractivity contribution in [1.82, 2.24) is 30.0 Å². The van der Waals surface area contributed by atoms with Crippen molar-refractivity contribution >= 4 is 17.4 Å². The summed E-state index contributed by atoms with van der Waals surface area (Å²) in [6.45, 7) is 10.0. The topological polar surface area (TPSA) is 139 Å². The number of rotatable bonds is 13. The normalized spacial score (nSPS) is 22.2. The molecule has 0 radical (unpaired) electrons. The number of carbonyl (C=O) groups excluding carboxylic acids is 1. The summed E-state index contributed by atoms with van der Waals surface area (Å²) in [5.41, 5.74) is 7.89. The van der Waals surface area contributed by atoms with Crippen LogP contribution in [-0.4, -0.2) is 103 Å². The monoisotopic (exact) mass is 650 g/mol. The van der Waals surface area contributed by atoms with E-state index in [1.807, 2.05) is 6.07 Å². The van der Waals surface area contributed by atoms with Crippen molar-refractivity contribution in [3.05, 3.63) is 40.4 Å². The van der Waals surface area contributed by atoms with Crippen LogP contribution in [0.3, 0.4) is 0 Å². The third-order valence-electron chi connectivity index (χ3n) is 10.3. The minimum absolute atomic E-state index is 0.109. The van der Waals surface area contributed by atoms with Crippen molar-refractivity contribution in [3.8, 4) is 11.5 Å². The molecule has 258 valence electrons. The largest absolute Gasteiger partial charge is 0.450 e. The molecule has 1 saturated carbocycles. The number of nitrogens with two attached hydrogens (primary N) is 1. The lowest BCUT2D eigenvalue weighted by Gasteiger charge is -2.37. The Hall–Kier alpha value is -3.03. The van der Waals surface area contributed by atoms with E-state index in [-0.39, 0.29) is 29.7 Å². The van der Waals surface area contributed by atoms with Gasteiger partial charge in [0, 0.05) is 31.2 Å². The van der Waals surface area contributed by atoms with Gasteiger partial charge in [0.2, 0.25) is 5.91 Å². The smallest absolute Gasteiger partial charge is 0.350 e. The quantitative estimate of drug-likeness (QED) is 0.204. The van der Waals surface area contributed by atoms with E-state index in [0.29, 0.717) is 43.8 Å². The van der Waals surface area contributed by atoms with Gasteiger partial charge in [-0.3, -0.25) is 14.3 Å². The van der Waals surface area contributed by atoms with Gasteiger partial charge in [-0.05, 0) is 114 Å². The number of amides is 1. The van der Waals surface area contributed by atoms with Gasteiger partial charge in [-0.15, -0.1) is 0 Å². The van der Waals surface area contributed by atoms with Crippen molar-refractivity contribution in [2.75, 3.05) is 70.9 Å². The number of likely N-dealkylation sites (tertiary alicyclic amines) is 1. The summed E-state index contributed by atoms with van der Waals surface area (Å²) >= 11 is 0. The number of carbonyl (C=O) groups is 1. The number of nitrogens with one attached hydrogen (secondary N) is 3. The Kier molecular flexibility index (Phi) is 11.8. The number of benzene rings is 1. The highest BCUT2D eigenvalue weighted by atomic mass is 16.5. The lowest BCUT2D eigenvalue weighted by molar-refractivity contribution is -0.136. The highest BCUT2D eigenvalue weighted by molar-refractivity contribution is 5.78. The van der Waals surface area contributed by atoms with Gasteiger partial charge in [-0.1, -0.05) is 13.0 Å². The van der Waals surface area contributed by atoms with E-state index in [0.717, 1.165) is 108 Å². The molecule has 0 spiro atoms. The first kappa shape index (κ1) is 33.9. The van der Waals surface area contributed by atoms with E-state index < -0.39 is 0 Å². The van der Waals surface area contributed by atoms with E-state index in [2.05, 4.69) is 49.8 Å². The van der Waals surface area contributed by atoms with E-state index >= 15 is 0 Å². The molecular formula is C35H54N8O4. The molecule has 5 N–H and O–H groups in total. The van der Waals surface area contributed by atoms with Crippen LogP contribution in [0.15, 0.2) is 29.2 Å². The Labute approximate surface area is 278 Å². The van der Waals surface area contributed by atoms with Gasteiger partial charge in [0.1, 0.15) is 0 Å². The number of ether oxygens (including phenoxy) is 2. The van der Waals surface area contributed by atoms with Crippen LogP contribution < -0.4 is 32.1 Å². The average molecular weight is 651 g/mol. The highest BCUT2D eigenvalue weighted by Gasteiger charge is 2.30. The molecule has 0 atom stereocenters. The first-order valence-corrected chi connectivity index (χ1v) is 18.0. The number of anilines is 2. The van der Waals surface area contributed by atoms with Crippen LogP contribution in [0, 0.1) is 0 Å². The maximum Gasteiger partial charge on any atom is 0.350 e. The number of piperidine rings is 2. The molecule has 0 unspecified atom stereocenters. The molecule has 1 aromatic heterocycles. The Morgan fingerprint density at radius 2 is 1.85 bits per heavy atom. The predicted octanol–water partition coefficient (Wildman–Crippen LogP) is 3.31. The van der Waals surface area contributed by atoms with Gasteiger partial charge >= 0.3 is 5.69 Å². The van der Waals surface area contributed by atoms with Gasteiger partial charge in [0.15, 0.2) is 17.3 Å². The van der Waals surface area contributed by atoms with Crippen molar-refractivity contribution in [2.24, 2.45) is 5.73 Å². The minimum atomic E-state index is -0.257. The molecule has 4 aliphatic rings. The van der Waals surface area contributed by atoms with Crippen LogP contribution in [0.25, 0.3) is 0 Å². The molecule has 2 saturated heterocycles. The number of nitrogens with zero attached hydrogens (tertiary/aromatic N) is 4. The van der Waals surface area contributed by atoms with Crippen LogP contribution in [0.5, 0.6) is 11.5 Å². The van der Waals surface area contributed by atoms with Gasteiger partial charge in [0.05, 0.1) is 31.6 Å². The molecule has 1 aliphatic carbocycles. The first-order valence-electron chi connectivity index (χ1n) is 18.0. The summed E-state index contributed by atoms with van der Waals surface area (Å²) in [6, 6.07) is 6.91. The SMILES string of the molecule is CCCNCCOCCN(C(=O)CN1CCC(c2ccc3c(c2)Nc2nc(=O)n(C4CCC(N)CC4)cc2O3)CC1)C1CCNCC1. The molecule has 1 amide bonds. The fourth-order valence-corrected chi connectivity index (χ4v) is 7.54. The van der Waals surface area contributed by atoms with Gasteiger partial charge in [-0.2, -0.15) is 4.98 Å². The summed E-state index contributed by atoms with van der Waals surface area (Å²) < 4.78 is 13.8. The van der Waals surface area contributed by atoms with Gasteiger partial charge in [0.25, 0.3) is 0 Å². The van der Waals surface area contributed by atoms with E-state index in [9.17, 15) is 9.59 Å². The van der Waals surface area contributed by atoms with Gasteiger partial charge in [-0.25, -0.2) is 4.79 Å². The number of hydrogen-bond donors (Lipinski definition) is 4. The maximum atomic E-state index is 13.6. The summed E-state index contributed by atoms with van der Waals surface area (Å²) in [5, 5.41) is 10.2. The molecule has 12 nitrogen and oxygen atoms in total. The molecule has 0 bridgehead atoms. The third-order valence-corrected chi connectivity index (χ3v) is 10.3. The lowest BCUT2D eigenvalue weighted by Crippen LogP contribution is -2.51. The fraction of sp³-hybridized carbons (Fsp3) is 0.686. The van der Waals surface area contributed by atoms with E-state index in [4.69, 9.17) is 15.2 Å². The number of aromatic nitrogens is 2. The second kappa shape index (κ2) is 16.4. The summed E-state index contributed by atoms with van der Waals surface area (Å²) in [5.74, 6) is 2.39. The fourth-order valence-electron chi connectivity index (χ4n) is 7.54. The van der Waals surface area contributed by atoms with Crippen LogP contribution in [0.4, 0.5) is 11.5 Å². The molecule has 2 aromatic rings. The first-order chi connectivity index (χ1) is 23.0. The van der Waals surface area contributed by atoms with Crippen molar-refractivity contribution in [3.63, 3.8) is 0 Å². The standard InChI is InChI=1S/C35H54N8O4/c1-2-13-37-16-20-46-21-19-42(29-9-14-38-15-10-29)33(44)24-41-17-11-25(12-18-41)26-3-8-31-30(22-26)39-34-32(47-31)23-43(35(45)40-34)28-6-4-27(36)5-7-28/h3,8,22-23,25,27-29,37-38H,2,4-7,9-21,24,36H2,1H3,(H,39,40,45). The highest BCUT2D eigenvalue weighted by Crippen LogP contribution is 2.43. The lowest BCUT2D eigenvalue weighted by atomic mass is 9.89. The molecule has 47 heavy (non-hydrogen) atoms. The van der Waals surface area contributed by atoms with Crippen molar-refractivity contribution in [1.29, 1.82) is 0 Å².